The Morgan fingerprint density at radius 1 is 1.82 bits per heavy atom. The van der Waals surface area contributed by atoms with E-state index in [9.17, 15) is 5.11 Å². The number of rotatable bonds is 2. The largest absolute Gasteiger partial charge is 0.387 e. The van der Waals surface area contributed by atoms with E-state index in [2.05, 4.69) is 6.92 Å². The Bertz CT molecular complexity index is 142. The normalized spacial score (nSPS) is 40.9. The summed E-state index contributed by atoms with van der Waals surface area (Å²) in [6, 6.07) is -0.0486. The molecule has 0 radical (unpaired) electrons. The summed E-state index contributed by atoms with van der Waals surface area (Å²) in [6.07, 6.45) is 1.72. The van der Waals surface area contributed by atoms with Crippen molar-refractivity contribution in [2.45, 2.75) is 43.6 Å². The van der Waals surface area contributed by atoms with E-state index in [0.29, 0.717) is 5.25 Å². The summed E-state index contributed by atoms with van der Waals surface area (Å²) in [5.74, 6) is 1.05. The lowest BCUT2D eigenvalue weighted by molar-refractivity contribution is 0.0184. The molecular formula is C8H17NOS. The van der Waals surface area contributed by atoms with Crippen LogP contribution in [0.5, 0.6) is 0 Å². The molecule has 1 fully saturated rings. The summed E-state index contributed by atoms with van der Waals surface area (Å²) in [4.78, 5) is 0. The van der Waals surface area contributed by atoms with Gasteiger partial charge in [0.05, 0.1) is 5.60 Å². The number of hydrogen-bond acceptors (Lipinski definition) is 3. The molecule has 3 atom stereocenters. The minimum absolute atomic E-state index is 0.0486. The molecule has 1 saturated heterocycles. The van der Waals surface area contributed by atoms with Crippen LogP contribution in [-0.2, 0) is 0 Å². The van der Waals surface area contributed by atoms with Gasteiger partial charge in [0.25, 0.3) is 0 Å². The van der Waals surface area contributed by atoms with Gasteiger partial charge in [-0.3, -0.25) is 0 Å². The van der Waals surface area contributed by atoms with Crippen LogP contribution in [-0.4, -0.2) is 27.8 Å². The number of thioether (sulfide) groups is 1. The zero-order valence-electron chi connectivity index (χ0n) is 7.21. The summed E-state index contributed by atoms with van der Waals surface area (Å²) in [6.45, 7) is 4.09. The van der Waals surface area contributed by atoms with Gasteiger partial charge in [0.2, 0.25) is 0 Å². The van der Waals surface area contributed by atoms with Gasteiger partial charge in [-0.2, -0.15) is 11.8 Å². The zero-order valence-corrected chi connectivity index (χ0v) is 8.03. The Hall–Kier alpha value is 0.270. The minimum Gasteiger partial charge on any atom is -0.387 e. The van der Waals surface area contributed by atoms with E-state index in [1.807, 2.05) is 18.7 Å². The highest BCUT2D eigenvalue weighted by molar-refractivity contribution is 8.00. The van der Waals surface area contributed by atoms with Gasteiger partial charge in [-0.05, 0) is 18.6 Å². The van der Waals surface area contributed by atoms with Crippen molar-refractivity contribution in [2.75, 3.05) is 5.75 Å². The summed E-state index contributed by atoms with van der Waals surface area (Å²) < 4.78 is 0. The molecule has 11 heavy (non-hydrogen) atoms. The Balaban J connectivity index is 2.64. The molecule has 0 amide bonds. The fourth-order valence-corrected chi connectivity index (χ4v) is 2.97. The molecule has 0 aromatic carbocycles. The van der Waals surface area contributed by atoms with Crippen molar-refractivity contribution in [3.63, 3.8) is 0 Å². The SMILES string of the molecule is CCC(N)C1(O)CCSC1C. The second-order valence-electron chi connectivity index (χ2n) is 3.27. The van der Waals surface area contributed by atoms with E-state index >= 15 is 0 Å². The molecule has 3 unspecified atom stereocenters. The van der Waals surface area contributed by atoms with Crippen LogP contribution in [0.15, 0.2) is 0 Å². The molecule has 66 valence electrons. The number of aliphatic hydroxyl groups is 1. The van der Waals surface area contributed by atoms with Crippen molar-refractivity contribution in [3.8, 4) is 0 Å². The third-order valence-electron chi connectivity index (χ3n) is 2.66. The second-order valence-corrected chi connectivity index (χ2v) is 4.72. The molecule has 0 spiro atoms. The first-order valence-electron chi connectivity index (χ1n) is 4.20. The molecule has 0 aromatic heterocycles. The van der Waals surface area contributed by atoms with Crippen LogP contribution in [0.2, 0.25) is 0 Å². The monoisotopic (exact) mass is 175 g/mol. The standard InChI is InChI=1S/C8H17NOS/c1-3-7(9)8(10)4-5-11-6(8)2/h6-7,10H,3-5,9H2,1-2H3. The molecule has 1 aliphatic heterocycles. The molecule has 1 heterocycles. The van der Waals surface area contributed by atoms with Crippen LogP contribution in [0, 0.1) is 0 Å². The van der Waals surface area contributed by atoms with E-state index in [1.165, 1.54) is 0 Å². The molecular weight excluding hydrogens is 158 g/mol. The predicted octanol–water partition coefficient (Wildman–Crippen LogP) is 0.980. The lowest BCUT2D eigenvalue weighted by Crippen LogP contribution is -2.51. The average Bonchev–Trinajstić information content (AvgIpc) is 2.32. The summed E-state index contributed by atoms with van der Waals surface area (Å²) >= 11 is 1.82. The van der Waals surface area contributed by atoms with Crippen LogP contribution >= 0.6 is 11.8 Å². The quantitative estimate of drug-likeness (QED) is 0.657. The first kappa shape index (κ1) is 9.36. The molecule has 3 N–H and O–H groups in total. The van der Waals surface area contributed by atoms with E-state index in [4.69, 9.17) is 5.73 Å². The predicted molar refractivity (Wildman–Crippen MR) is 49.8 cm³/mol. The fourth-order valence-electron chi connectivity index (χ4n) is 1.59. The van der Waals surface area contributed by atoms with Crippen molar-refractivity contribution in [3.05, 3.63) is 0 Å². The Morgan fingerprint density at radius 3 is 2.82 bits per heavy atom. The van der Waals surface area contributed by atoms with Crippen molar-refractivity contribution in [2.24, 2.45) is 5.73 Å². The summed E-state index contributed by atoms with van der Waals surface area (Å²) in [5, 5.41) is 10.4. The van der Waals surface area contributed by atoms with Crippen LogP contribution in [0.3, 0.4) is 0 Å². The molecule has 0 aliphatic carbocycles. The molecule has 0 aromatic rings. The second kappa shape index (κ2) is 3.33. The van der Waals surface area contributed by atoms with Crippen LogP contribution < -0.4 is 5.73 Å². The average molecular weight is 175 g/mol. The van der Waals surface area contributed by atoms with Crippen LogP contribution in [0.4, 0.5) is 0 Å². The van der Waals surface area contributed by atoms with E-state index in [-0.39, 0.29) is 6.04 Å². The third-order valence-corrected chi connectivity index (χ3v) is 4.00. The van der Waals surface area contributed by atoms with Gasteiger partial charge in [-0.1, -0.05) is 13.8 Å². The number of hydrogen-bond donors (Lipinski definition) is 2. The lowest BCUT2D eigenvalue weighted by Gasteiger charge is -2.32. The van der Waals surface area contributed by atoms with E-state index in [1.54, 1.807) is 0 Å². The van der Waals surface area contributed by atoms with Crippen molar-refractivity contribution in [1.29, 1.82) is 0 Å². The van der Waals surface area contributed by atoms with E-state index in [0.717, 1.165) is 18.6 Å². The Kier molecular flexibility index (Phi) is 2.84. The Morgan fingerprint density at radius 2 is 2.45 bits per heavy atom. The first-order chi connectivity index (χ1) is 5.11. The summed E-state index contributed by atoms with van der Waals surface area (Å²) in [7, 11) is 0. The first-order valence-corrected chi connectivity index (χ1v) is 5.25. The molecule has 0 saturated carbocycles. The van der Waals surface area contributed by atoms with Crippen LogP contribution in [0.1, 0.15) is 26.7 Å². The van der Waals surface area contributed by atoms with Gasteiger partial charge in [-0.25, -0.2) is 0 Å². The smallest absolute Gasteiger partial charge is 0.0920 e. The van der Waals surface area contributed by atoms with Gasteiger partial charge < -0.3 is 10.8 Å². The van der Waals surface area contributed by atoms with Crippen molar-refractivity contribution < 1.29 is 5.11 Å². The molecule has 2 nitrogen and oxygen atoms in total. The molecule has 0 bridgehead atoms. The van der Waals surface area contributed by atoms with Gasteiger partial charge in [0.15, 0.2) is 0 Å². The topological polar surface area (TPSA) is 46.2 Å². The van der Waals surface area contributed by atoms with Gasteiger partial charge in [0.1, 0.15) is 0 Å². The highest BCUT2D eigenvalue weighted by Crippen LogP contribution is 2.37. The van der Waals surface area contributed by atoms with Crippen LogP contribution in [0.25, 0.3) is 0 Å². The van der Waals surface area contributed by atoms with Gasteiger partial charge in [0, 0.05) is 11.3 Å². The van der Waals surface area contributed by atoms with Gasteiger partial charge >= 0.3 is 0 Å². The lowest BCUT2D eigenvalue weighted by atomic mass is 9.87. The molecule has 3 heteroatoms. The maximum absolute atomic E-state index is 10.1. The van der Waals surface area contributed by atoms with Crippen molar-refractivity contribution in [1.82, 2.24) is 0 Å². The fraction of sp³-hybridized carbons (Fsp3) is 1.00. The zero-order chi connectivity index (χ0) is 8.48. The Labute approximate surface area is 72.5 Å². The maximum Gasteiger partial charge on any atom is 0.0920 e. The third kappa shape index (κ3) is 1.55. The van der Waals surface area contributed by atoms with Gasteiger partial charge in [-0.15, -0.1) is 0 Å². The minimum atomic E-state index is -0.598. The van der Waals surface area contributed by atoms with Crippen molar-refractivity contribution >= 4 is 11.8 Å². The highest BCUT2D eigenvalue weighted by atomic mass is 32.2. The molecule has 1 rings (SSSR count). The van der Waals surface area contributed by atoms with E-state index < -0.39 is 5.60 Å². The molecule has 1 aliphatic rings. The highest BCUT2D eigenvalue weighted by Gasteiger charge is 2.42. The number of nitrogens with two attached hydrogens (primary N) is 1. The maximum atomic E-state index is 10.1. The summed E-state index contributed by atoms with van der Waals surface area (Å²) in [5.41, 5.74) is 5.24.